The Morgan fingerprint density at radius 1 is 0.808 bits per heavy atom. The molecule has 4 unspecified atom stereocenters. The minimum Gasteiger partial charge on any atom is -0.387 e. The van der Waals surface area contributed by atoms with E-state index >= 15 is 0 Å². The van der Waals surface area contributed by atoms with E-state index in [4.69, 9.17) is 11.5 Å². The molecule has 0 heterocycles. The average molecular weight is 372 g/mol. The second-order valence-electron chi connectivity index (χ2n) is 7.92. The van der Waals surface area contributed by atoms with Gasteiger partial charge in [0.2, 0.25) is 5.91 Å². The van der Waals surface area contributed by atoms with E-state index in [1.807, 2.05) is 0 Å². The van der Waals surface area contributed by atoms with Gasteiger partial charge >= 0.3 is 0 Å². The van der Waals surface area contributed by atoms with Crippen molar-refractivity contribution in [1.82, 2.24) is 0 Å². The summed E-state index contributed by atoms with van der Waals surface area (Å²) < 4.78 is 0. The molecule has 4 atom stereocenters. The smallest absolute Gasteiger partial charge is 0.252 e. The van der Waals surface area contributed by atoms with Crippen LogP contribution in [0.4, 0.5) is 0 Å². The summed E-state index contributed by atoms with van der Waals surface area (Å²) in [6.45, 7) is 0. The lowest BCUT2D eigenvalue weighted by atomic mass is 9.58. The van der Waals surface area contributed by atoms with Crippen LogP contribution in [0.2, 0.25) is 0 Å². The highest BCUT2D eigenvalue weighted by atomic mass is 16.4. The van der Waals surface area contributed by atoms with Crippen molar-refractivity contribution in [3.63, 3.8) is 0 Å². The molecule has 2 aliphatic rings. The summed E-state index contributed by atoms with van der Waals surface area (Å²) in [7, 11) is 0. The van der Waals surface area contributed by atoms with Crippen LogP contribution in [0.25, 0.3) is 0 Å². The summed E-state index contributed by atoms with van der Waals surface area (Å²) in [6.07, 6.45) is 2.48. The maximum Gasteiger partial charge on any atom is 0.252 e. The summed E-state index contributed by atoms with van der Waals surface area (Å²) >= 11 is 0. The molecule has 0 aliphatic heterocycles. The van der Waals surface area contributed by atoms with Crippen molar-refractivity contribution in [1.29, 1.82) is 0 Å². The van der Waals surface area contributed by atoms with Crippen molar-refractivity contribution in [3.8, 4) is 0 Å². The standard InChI is InChI=1S/C18H32N2O6/c19-15(23)13(21)14(22)17(25,11-7-3-1-4-8-11)18(26,16(20)24)12-9-5-2-6-10-12/h11-14,21-22,25-26H,1-10H2,(H2,19,23)(H2,20,24). The Morgan fingerprint density at radius 2 is 1.23 bits per heavy atom. The zero-order chi connectivity index (χ0) is 19.5. The van der Waals surface area contributed by atoms with Crippen LogP contribution in [0.3, 0.4) is 0 Å². The Balaban J connectivity index is 2.54. The van der Waals surface area contributed by atoms with Crippen LogP contribution in [-0.2, 0) is 9.59 Å². The lowest BCUT2D eigenvalue weighted by Crippen LogP contribution is -2.75. The number of aliphatic hydroxyl groups excluding tert-OH is 2. The van der Waals surface area contributed by atoms with Crippen LogP contribution in [-0.4, -0.2) is 55.7 Å². The average Bonchev–Trinajstić information content (AvgIpc) is 2.66. The van der Waals surface area contributed by atoms with Crippen LogP contribution in [0, 0.1) is 11.8 Å². The maximum absolute atomic E-state index is 12.4. The highest BCUT2D eigenvalue weighted by Gasteiger charge is 2.66. The van der Waals surface area contributed by atoms with E-state index in [1.54, 1.807) is 0 Å². The number of hydrogen-bond donors (Lipinski definition) is 6. The molecule has 0 bridgehead atoms. The van der Waals surface area contributed by atoms with Crippen LogP contribution in [0.15, 0.2) is 0 Å². The molecule has 8 heteroatoms. The minimum atomic E-state index is -2.45. The second kappa shape index (κ2) is 8.21. The van der Waals surface area contributed by atoms with Gasteiger partial charge in [0.1, 0.15) is 11.7 Å². The molecule has 8 nitrogen and oxygen atoms in total. The number of carbonyl (C=O) groups is 2. The summed E-state index contributed by atoms with van der Waals surface area (Å²) in [5.41, 5.74) is 5.75. The fourth-order valence-electron chi connectivity index (χ4n) is 4.96. The third-order valence-electron chi connectivity index (χ3n) is 6.45. The van der Waals surface area contributed by atoms with E-state index in [2.05, 4.69) is 0 Å². The molecule has 150 valence electrons. The van der Waals surface area contributed by atoms with E-state index in [1.165, 1.54) is 0 Å². The Hall–Kier alpha value is -1.22. The lowest BCUT2D eigenvalue weighted by molar-refractivity contribution is -0.260. The number of aliphatic hydroxyl groups is 4. The summed E-state index contributed by atoms with van der Waals surface area (Å²) in [4.78, 5) is 23.9. The first-order chi connectivity index (χ1) is 12.2. The van der Waals surface area contributed by atoms with Gasteiger partial charge in [-0.2, -0.15) is 0 Å². The Labute approximate surface area is 153 Å². The molecule has 0 spiro atoms. The fraction of sp³-hybridized carbons (Fsp3) is 0.889. The monoisotopic (exact) mass is 372 g/mol. The number of carbonyl (C=O) groups excluding carboxylic acids is 2. The van der Waals surface area contributed by atoms with Crippen molar-refractivity contribution < 1.29 is 30.0 Å². The van der Waals surface area contributed by atoms with Crippen molar-refractivity contribution in [2.45, 2.75) is 87.6 Å². The highest BCUT2D eigenvalue weighted by Crippen LogP contribution is 2.48. The van der Waals surface area contributed by atoms with Crippen molar-refractivity contribution in [2.75, 3.05) is 0 Å². The van der Waals surface area contributed by atoms with Crippen molar-refractivity contribution in [2.24, 2.45) is 23.3 Å². The second-order valence-corrected chi connectivity index (χ2v) is 7.92. The first kappa shape index (κ1) is 21.1. The normalized spacial score (nSPS) is 27.1. The maximum atomic E-state index is 12.4. The van der Waals surface area contributed by atoms with E-state index in [-0.39, 0.29) is 0 Å². The molecule has 2 amide bonds. The van der Waals surface area contributed by atoms with Crippen molar-refractivity contribution >= 4 is 11.8 Å². The Kier molecular flexibility index (Phi) is 6.65. The number of amides is 2. The SMILES string of the molecule is NC(=O)C(O)C(O)C(O)(C1CCCCC1)C(O)(C(N)=O)C1CCCCC1. The van der Waals surface area contributed by atoms with Gasteiger partial charge in [0.25, 0.3) is 5.91 Å². The van der Waals surface area contributed by atoms with Crippen LogP contribution < -0.4 is 11.5 Å². The lowest BCUT2D eigenvalue weighted by Gasteiger charge is -2.53. The third kappa shape index (κ3) is 3.47. The van der Waals surface area contributed by atoms with Gasteiger partial charge in [-0.05, 0) is 37.5 Å². The Bertz CT molecular complexity index is 518. The van der Waals surface area contributed by atoms with Crippen LogP contribution in [0.5, 0.6) is 0 Å². The number of hydrogen-bond acceptors (Lipinski definition) is 6. The van der Waals surface area contributed by atoms with Gasteiger partial charge in [-0.15, -0.1) is 0 Å². The van der Waals surface area contributed by atoms with Crippen molar-refractivity contribution in [3.05, 3.63) is 0 Å². The molecule has 0 aromatic heterocycles. The predicted molar refractivity (Wildman–Crippen MR) is 93.5 cm³/mol. The number of rotatable bonds is 7. The van der Waals surface area contributed by atoms with E-state index in [0.717, 1.165) is 38.5 Å². The first-order valence-corrected chi connectivity index (χ1v) is 9.57. The fourth-order valence-corrected chi connectivity index (χ4v) is 4.96. The molecule has 0 aromatic carbocycles. The first-order valence-electron chi connectivity index (χ1n) is 9.57. The largest absolute Gasteiger partial charge is 0.387 e. The molecule has 8 N–H and O–H groups in total. The molecular formula is C18H32N2O6. The topological polar surface area (TPSA) is 167 Å². The molecule has 0 aromatic rings. The molecular weight excluding hydrogens is 340 g/mol. The molecule has 0 radical (unpaired) electrons. The molecule has 0 saturated heterocycles. The van der Waals surface area contributed by atoms with Gasteiger partial charge in [0.15, 0.2) is 11.7 Å². The van der Waals surface area contributed by atoms with E-state index < -0.39 is 47.1 Å². The molecule has 2 aliphatic carbocycles. The van der Waals surface area contributed by atoms with Gasteiger partial charge in [-0.1, -0.05) is 38.5 Å². The zero-order valence-corrected chi connectivity index (χ0v) is 15.1. The highest BCUT2D eigenvalue weighted by molar-refractivity contribution is 5.86. The van der Waals surface area contributed by atoms with Gasteiger partial charge in [0.05, 0.1) is 0 Å². The summed E-state index contributed by atoms with van der Waals surface area (Å²) in [5, 5.41) is 43.8. The quantitative estimate of drug-likeness (QED) is 0.345. The molecule has 2 rings (SSSR count). The number of primary amides is 2. The summed E-state index contributed by atoms with van der Waals surface area (Å²) in [6, 6.07) is 0. The minimum absolute atomic E-state index is 0.446. The molecule has 26 heavy (non-hydrogen) atoms. The van der Waals surface area contributed by atoms with E-state index in [9.17, 15) is 30.0 Å². The van der Waals surface area contributed by atoms with Crippen LogP contribution in [0.1, 0.15) is 64.2 Å². The van der Waals surface area contributed by atoms with Gasteiger partial charge < -0.3 is 31.9 Å². The zero-order valence-electron chi connectivity index (χ0n) is 15.1. The van der Waals surface area contributed by atoms with Gasteiger partial charge in [0, 0.05) is 0 Å². The number of nitrogens with two attached hydrogens (primary N) is 2. The summed E-state index contributed by atoms with van der Waals surface area (Å²) in [5.74, 6) is -3.72. The predicted octanol–water partition coefficient (Wildman–Crippen LogP) is -0.698. The van der Waals surface area contributed by atoms with Crippen LogP contribution >= 0.6 is 0 Å². The van der Waals surface area contributed by atoms with Gasteiger partial charge in [-0.3, -0.25) is 9.59 Å². The molecule has 2 saturated carbocycles. The molecule has 2 fully saturated rings. The third-order valence-corrected chi connectivity index (χ3v) is 6.45. The Morgan fingerprint density at radius 3 is 1.62 bits per heavy atom. The van der Waals surface area contributed by atoms with Gasteiger partial charge in [-0.25, -0.2) is 0 Å². The van der Waals surface area contributed by atoms with E-state index in [0.29, 0.717) is 25.7 Å².